The van der Waals surface area contributed by atoms with Crippen LogP contribution in [-0.4, -0.2) is 41.7 Å². The Bertz CT molecular complexity index is 498. The van der Waals surface area contributed by atoms with Crippen molar-refractivity contribution in [1.29, 1.82) is 0 Å². The monoisotopic (exact) mass is 278 g/mol. The van der Waals surface area contributed by atoms with Gasteiger partial charge in [0.15, 0.2) is 0 Å². The topological polar surface area (TPSA) is 51.5 Å². The van der Waals surface area contributed by atoms with Gasteiger partial charge in [0.2, 0.25) is 0 Å². The van der Waals surface area contributed by atoms with Crippen LogP contribution in [0.15, 0.2) is 29.2 Å². The molecule has 5 heteroatoms. The number of hydrogen-bond donors (Lipinski definition) is 0. The van der Waals surface area contributed by atoms with Crippen molar-refractivity contribution in [1.82, 2.24) is 9.47 Å². The van der Waals surface area contributed by atoms with E-state index in [1.54, 1.807) is 22.9 Å². The largest absolute Gasteiger partial charge is 0.466 e. The molecule has 0 N–H and O–H groups in total. The van der Waals surface area contributed by atoms with Gasteiger partial charge in [-0.3, -0.25) is 9.59 Å². The Labute approximate surface area is 119 Å². The summed E-state index contributed by atoms with van der Waals surface area (Å²) in [6.45, 7) is 5.45. The maximum Gasteiger partial charge on any atom is 0.310 e. The number of pyridine rings is 1. The molecular weight excluding hydrogens is 256 g/mol. The molecule has 0 saturated carbocycles. The first kappa shape index (κ1) is 14.8. The van der Waals surface area contributed by atoms with Crippen LogP contribution in [0.2, 0.25) is 0 Å². The normalized spacial score (nSPS) is 19.8. The number of hydrogen-bond acceptors (Lipinski definition) is 4. The lowest BCUT2D eigenvalue weighted by Gasteiger charge is -2.31. The average Bonchev–Trinajstić information content (AvgIpc) is 2.47. The highest BCUT2D eigenvalue weighted by atomic mass is 16.5. The number of nitrogens with zero attached hydrogens (tertiary/aromatic N) is 2. The molecule has 1 aliphatic rings. The highest BCUT2D eigenvalue weighted by molar-refractivity contribution is 5.72. The van der Waals surface area contributed by atoms with Gasteiger partial charge in [0.25, 0.3) is 5.56 Å². The fourth-order valence-electron chi connectivity index (χ4n) is 2.61. The quantitative estimate of drug-likeness (QED) is 0.758. The van der Waals surface area contributed by atoms with E-state index >= 15 is 0 Å². The van der Waals surface area contributed by atoms with Gasteiger partial charge in [-0.25, -0.2) is 0 Å². The molecule has 2 heterocycles. The zero-order chi connectivity index (χ0) is 14.4. The van der Waals surface area contributed by atoms with Gasteiger partial charge in [-0.05, 0) is 32.4 Å². The summed E-state index contributed by atoms with van der Waals surface area (Å²) in [5, 5.41) is 0. The van der Waals surface area contributed by atoms with Crippen molar-refractivity contribution in [3.63, 3.8) is 0 Å². The van der Waals surface area contributed by atoms with E-state index in [0.29, 0.717) is 13.2 Å². The molecule has 0 aliphatic carbocycles. The highest BCUT2D eigenvalue weighted by Crippen LogP contribution is 2.17. The second-order valence-corrected chi connectivity index (χ2v) is 5.12. The van der Waals surface area contributed by atoms with Crippen LogP contribution in [0.1, 0.15) is 19.8 Å². The minimum atomic E-state index is -0.0888. The van der Waals surface area contributed by atoms with Crippen molar-refractivity contribution in [2.45, 2.75) is 26.3 Å². The second kappa shape index (κ2) is 7.24. The zero-order valence-electron chi connectivity index (χ0n) is 12.0. The van der Waals surface area contributed by atoms with E-state index in [9.17, 15) is 9.59 Å². The van der Waals surface area contributed by atoms with E-state index in [1.165, 1.54) is 0 Å². The molecule has 5 nitrogen and oxygen atoms in total. The second-order valence-electron chi connectivity index (χ2n) is 5.12. The number of carbonyl (C=O) groups excluding carboxylic acids is 1. The lowest BCUT2D eigenvalue weighted by atomic mass is 9.98. The van der Waals surface area contributed by atoms with Gasteiger partial charge >= 0.3 is 5.97 Å². The summed E-state index contributed by atoms with van der Waals surface area (Å²) in [5.41, 5.74) is 0.0199. The summed E-state index contributed by atoms with van der Waals surface area (Å²) < 4.78 is 6.79. The van der Waals surface area contributed by atoms with Crippen molar-refractivity contribution >= 4 is 5.97 Å². The number of piperidine rings is 1. The van der Waals surface area contributed by atoms with E-state index in [-0.39, 0.29) is 17.4 Å². The maximum atomic E-state index is 11.8. The third kappa shape index (κ3) is 3.93. The third-order valence-electron chi connectivity index (χ3n) is 3.68. The predicted octanol–water partition coefficient (Wildman–Crippen LogP) is 1.12. The van der Waals surface area contributed by atoms with Gasteiger partial charge < -0.3 is 14.2 Å². The lowest BCUT2D eigenvalue weighted by Crippen LogP contribution is -2.41. The van der Waals surface area contributed by atoms with E-state index in [0.717, 1.165) is 32.5 Å². The van der Waals surface area contributed by atoms with Crippen LogP contribution in [-0.2, 0) is 16.1 Å². The first-order valence-corrected chi connectivity index (χ1v) is 7.25. The minimum Gasteiger partial charge on any atom is -0.466 e. The number of ether oxygens (including phenoxy) is 1. The first-order chi connectivity index (χ1) is 9.70. The average molecular weight is 278 g/mol. The molecule has 0 aromatic carbocycles. The van der Waals surface area contributed by atoms with E-state index in [2.05, 4.69) is 4.90 Å². The van der Waals surface area contributed by atoms with E-state index in [1.807, 2.05) is 13.0 Å². The molecule has 110 valence electrons. The Balaban J connectivity index is 1.86. The SMILES string of the molecule is CCOC(=O)C1CCCN(CCn2ccccc2=O)C1. The number of rotatable bonds is 5. The van der Waals surface area contributed by atoms with E-state index < -0.39 is 0 Å². The molecule has 1 atom stereocenters. The molecule has 1 fully saturated rings. The van der Waals surface area contributed by atoms with Gasteiger partial charge in [-0.1, -0.05) is 6.07 Å². The maximum absolute atomic E-state index is 11.8. The smallest absolute Gasteiger partial charge is 0.310 e. The minimum absolute atomic E-state index is 0.0174. The molecule has 0 spiro atoms. The van der Waals surface area contributed by atoms with Crippen molar-refractivity contribution in [2.75, 3.05) is 26.2 Å². The van der Waals surface area contributed by atoms with Gasteiger partial charge in [-0.2, -0.15) is 0 Å². The van der Waals surface area contributed by atoms with Crippen LogP contribution >= 0.6 is 0 Å². The van der Waals surface area contributed by atoms with E-state index in [4.69, 9.17) is 4.74 Å². The number of aromatic nitrogens is 1. The summed E-state index contributed by atoms with van der Waals surface area (Å²) in [7, 11) is 0. The Kier molecular flexibility index (Phi) is 5.35. The highest BCUT2D eigenvalue weighted by Gasteiger charge is 2.26. The molecule has 2 rings (SSSR count). The third-order valence-corrected chi connectivity index (χ3v) is 3.68. The first-order valence-electron chi connectivity index (χ1n) is 7.25. The summed E-state index contributed by atoms with van der Waals surface area (Å²) in [6.07, 6.45) is 3.71. The van der Waals surface area contributed by atoms with Crippen LogP contribution in [0.4, 0.5) is 0 Å². The Morgan fingerprint density at radius 2 is 2.25 bits per heavy atom. The summed E-state index contributed by atoms with van der Waals surface area (Å²) in [5.74, 6) is -0.106. The number of esters is 1. The number of likely N-dealkylation sites (tertiary alicyclic amines) is 1. The molecule has 1 aromatic rings. The fraction of sp³-hybridized carbons (Fsp3) is 0.600. The standard InChI is InChI=1S/C15H22N2O3/c1-2-20-15(19)13-6-5-8-16(12-13)10-11-17-9-4-3-7-14(17)18/h3-4,7,9,13H,2,5-6,8,10-12H2,1H3. The molecule has 0 amide bonds. The molecule has 1 saturated heterocycles. The van der Waals surface area contributed by atoms with Crippen LogP contribution in [0.3, 0.4) is 0 Å². The van der Waals surface area contributed by atoms with Crippen LogP contribution in [0, 0.1) is 5.92 Å². The molecular formula is C15H22N2O3. The molecule has 1 aliphatic heterocycles. The predicted molar refractivity (Wildman–Crippen MR) is 76.5 cm³/mol. The van der Waals surface area contributed by atoms with Gasteiger partial charge in [0.05, 0.1) is 12.5 Å². The van der Waals surface area contributed by atoms with Gasteiger partial charge in [0, 0.05) is 31.9 Å². The summed E-state index contributed by atoms with van der Waals surface area (Å²) >= 11 is 0. The molecule has 20 heavy (non-hydrogen) atoms. The van der Waals surface area contributed by atoms with Crippen molar-refractivity contribution in [3.8, 4) is 0 Å². The van der Waals surface area contributed by atoms with Gasteiger partial charge in [-0.15, -0.1) is 0 Å². The van der Waals surface area contributed by atoms with Crippen molar-refractivity contribution in [3.05, 3.63) is 34.7 Å². The molecule has 1 aromatic heterocycles. The van der Waals surface area contributed by atoms with Gasteiger partial charge in [0.1, 0.15) is 0 Å². The Morgan fingerprint density at radius 3 is 3.00 bits per heavy atom. The van der Waals surface area contributed by atoms with Crippen LogP contribution in [0.5, 0.6) is 0 Å². The van der Waals surface area contributed by atoms with Crippen LogP contribution < -0.4 is 5.56 Å². The number of carbonyl (C=O) groups is 1. The van der Waals surface area contributed by atoms with Crippen LogP contribution in [0.25, 0.3) is 0 Å². The zero-order valence-corrected chi connectivity index (χ0v) is 12.0. The fourth-order valence-corrected chi connectivity index (χ4v) is 2.61. The molecule has 0 radical (unpaired) electrons. The molecule has 0 bridgehead atoms. The molecule has 1 unspecified atom stereocenters. The Hall–Kier alpha value is -1.62. The van der Waals surface area contributed by atoms with Crippen molar-refractivity contribution in [2.24, 2.45) is 5.92 Å². The Morgan fingerprint density at radius 1 is 1.40 bits per heavy atom. The van der Waals surface area contributed by atoms with Crippen molar-refractivity contribution < 1.29 is 9.53 Å². The lowest BCUT2D eigenvalue weighted by molar-refractivity contribution is -0.149. The summed E-state index contributed by atoms with van der Waals surface area (Å²) in [6, 6.07) is 5.17. The summed E-state index contributed by atoms with van der Waals surface area (Å²) in [4.78, 5) is 25.6.